The molecule has 148 valence electrons. The molecule has 4 nitrogen and oxygen atoms in total. The Morgan fingerprint density at radius 2 is 1.57 bits per heavy atom. The van der Waals surface area contributed by atoms with E-state index in [1.54, 1.807) is 6.07 Å². The molecule has 0 aromatic heterocycles. The lowest BCUT2D eigenvalue weighted by Gasteiger charge is -2.31. The van der Waals surface area contributed by atoms with E-state index in [2.05, 4.69) is 5.32 Å². The Kier molecular flexibility index (Phi) is 5.67. The second-order valence-corrected chi connectivity index (χ2v) is 6.61. The highest BCUT2D eigenvalue weighted by atomic mass is 19.4. The third-order valence-electron chi connectivity index (χ3n) is 4.74. The first-order valence-corrected chi connectivity index (χ1v) is 8.77. The van der Waals surface area contributed by atoms with Crippen LogP contribution in [-0.2, 0) is 11.0 Å². The standard InChI is InChI=1S/C20H18F4N2O2/c21-16-3-1-2-4-17(16)25-18(27)13-9-11-26(12-10-13)19(28)14-5-7-15(8-6-14)20(22,23)24/h1-8,13H,9-12H2,(H,25,27). The number of benzene rings is 2. The van der Waals surface area contributed by atoms with Gasteiger partial charge >= 0.3 is 6.18 Å². The molecule has 1 aliphatic heterocycles. The van der Waals surface area contributed by atoms with E-state index < -0.39 is 17.6 Å². The molecule has 8 heteroatoms. The molecule has 0 atom stereocenters. The van der Waals surface area contributed by atoms with Gasteiger partial charge < -0.3 is 10.2 Å². The predicted octanol–water partition coefficient (Wildman–Crippen LogP) is 4.34. The summed E-state index contributed by atoms with van der Waals surface area (Å²) in [6.07, 6.45) is -3.66. The van der Waals surface area contributed by atoms with Crippen molar-refractivity contribution in [3.63, 3.8) is 0 Å². The average Bonchev–Trinajstić information content (AvgIpc) is 2.69. The quantitative estimate of drug-likeness (QED) is 0.788. The zero-order chi connectivity index (χ0) is 20.3. The third kappa shape index (κ3) is 4.49. The number of nitrogens with one attached hydrogen (secondary N) is 1. The summed E-state index contributed by atoms with van der Waals surface area (Å²) < 4.78 is 51.5. The number of alkyl halides is 3. The first kappa shape index (κ1) is 19.9. The van der Waals surface area contributed by atoms with Gasteiger partial charge in [0.25, 0.3) is 5.91 Å². The van der Waals surface area contributed by atoms with Crippen LogP contribution in [0.3, 0.4) is 0 Å². The number of anilines is 1. The van der Waals surface area contributed by atoms with E-state index >= 15 is 0 Å². The van der Waals surface area contributed by atoms with Gasteiger partial charge in [-0.05, 0) is 49.2 Å². The molecule has 0 saturated carbocycles. The second-order valence-electron chi connectivity index (χ2n) is 6.61. The van der Waals surface area contributed by atoms with Crippen molar-refractivity contribution < 1.29 is 27.2 Å². The van der Waals surface area contributed by atoms with E-state index in [4.69, 9.17) is 0 Å². The predicted molar refractivity (Wildman–Crippen MR) is 95.1 cm³/mol. The molecule has 0 bridgehead atoms. The highest BCUT2D eigenvalue weighted by Gasteiger charge is 2.31. The molecule has 28 heavy (non-hydrogen) atoms. The van der Waals surface area contributed by atoms with E-state index in [1.807, 2.05) is 0 Å². The van der Waals surface area contributed by atoms with Crippen molar-refractivity contribution in [3.05, 3.63) is 65.5 Å². The van der Waals surface area contributed by atoms with Gasteiger partial charge in [-0.2, -0.15) is 13.2 Å². The number of carbonyl (C=O) groups is 2. The lowest BCUT2D eigenvalue weighted by Crippen LogP contribution is -2.41. The molecule has 2 aromatic carbocycles. The van der Waals surface area contributed by atoms with E-state index in [-0.39, 0.29) is 29.0 Å². The first-order valence-electron chi connectivity index (χ1n) is 8.77. The highest BCUT2D eigenvalue weighted by molar-refractivity contribution is 5.95. The molecule has 0 spiro atoms. The summed E-state index contributed by atoms with van der Waals surface area (Å²) in [5.41, 5.74) is -0.536. The van der Waals surface area contributed by atoms with Crippen molar-refractivity contribution >= 4 is 17.5 Å². The molecule has 2 aromatic rings. The van der Waals surface area contributed by atoms with Gasteiger partial charge in [-0.15, -0.1) is 0 Å². The lowest BCUT2D eigenvalue weighted by molar-refractivity contribution is -0.137. The SMILES string of the molecule is O=C(Nc1ccccc1F)C1CCN(C(=O)c2ccc(C(F)(F)F)cc2)CC1. The Balaban J connectivity index is 1.56. The van der Waals surface area contributed by atoms with Gasteiger partial charge in [-0.25, -0.2) is 4.39 Å². The van der Waals surface area contributed by atoms with Crippen LogP contribution in [0.5, 0.6) is 0 Å². The Bertz CT molecular complexity index is 857. The number of carbonyl (C=O) groups excluding carboxylic acids is 2. The fourth-order valence-corrected chi connectivity index (χ4v) is 3.13. The molecule has 1 N–H and O–H groups in total. The van der Waals surface area contributed by atoms with Gasteiger partial charge in [0, 0.05) is 24.6 Å². The summed E-state index contributed by atoms with van der Waals surface area (Å²) in [4.78, 5) is 26.3. The van der Waals surface area contributed by atoms with Crippen molar-refractivity contribution in [2.24, 2.45) is 5.92 Å². The maximum atomic E-state index is 13.6. The summed E-state index contributed by atoms with van der Waals surface area (Å²) >= 11 is 0. The Hall–Kier alpha value is -2.90. The first-order chi connectivity index (χ1) is 13.3. The minimum atomic E-state index is -4.45. The minimum absolute atomic E-state index is 0.107. The zero-order valence-corrected chi connectivity index (χ0v) is 14.8. The molecular weight excluding hydrogens is 376 g/mol. The van der Waals surface area contributed by atoms with Crippen LogP contribution in [0.15, 0.2) is 48.5 Å². The summed E-state index contributed by atoms with van der Waals surface area (Å²) in [6.45, 7) is 0.602. The summed E-state index contributed by atoms with van der Waals surface area (Å²) in [5.74, 6) is -1.57. The lowest BCUT2D eigenvalue weighted by atomic mass is 9.95. The number of piperidine rings is 1. The van der Waals surface area contributed by atoms with Crippen LogP contribution < -0.4 is 5.32 Å². The van der Waals surface area contributed by atoms with E-state index in [1.165, 1.54) is 23.1 Å². The zero-order valence-electron chi connectivity index (χ0n) is 14.8. The largest absolute Gasteiger partial charge is 0.416 e. The topological polar surface area (TPSA) is 49.4 Å². The van der Waals surface area contributed by atoms with Gasteiger partial charge in [0.15, 0.2) is 0 Å². The Morgan fingerprint density at radius 3 is 2.14 bits per heavy atom. The van der Waals surface area contributed by atoms with Crippen molar-refractivity contribution in [2.75, 3.05) is 18.4 Å². The normalized spacial score (nSPS) is 15.4. The average molecular weight is 394 g/mol. The number of halogens is 4. The fraction of sp³-hybridized carbons (Fsp3) is 0.300. The van der Waals surface area contributed by atoms with Gasteiger partial charge in [0.05, 0.1) is 11.3 Å². The second kappa shape index (κ2) is 8.00. The molecule has 0 radical (unpaired) electrons. The molecule has 3 rings (SSSR count). The molecule has 2 amide bonds. The van der Waals surface area contributed by atoms with Crippen LogP contribution in [-0.4, -0.2) is 29.8 Å². The van der Waals surface area contributed by atoms with Crippen LogP contribution in [0, 0.1) is 11.7 Å². The van der Waals surface area contributed by atoms with Crippen LogP contribution in [0.1, 0.15) is 28.8 Å². The van der Waals surface area contributed by atoms with Gasteiger partial charge in [-0.1, -0.05) is 12.1 Å². The van der Waals surface area contributed by atoms with Crippen molar-refractivity contribution in [1.29, 1.82) is 0 Å². The smallest absolute Gasteiger partial charge is 0.339 e. The molecule has 0 aliphatic carbocycles. The minimum Gasteiger partial charge on any atom is -0.339 e. The van der Waals surface area contributed by atoms with E-state index in [0.717, 1.165) is 24.3 Å². The summed E-state index contributed by atoms with van der Waals surface area (Å²) in [6, 6.07) is 9.92. The molecule has 1 saturated heterocycles. The maximum absolute atomic E-state index is 13.6. The highest BCUT2D eigenvalue weighted by Crippen LogP contribution is 2.29. The number of hydrogen-bond acceptors (Lipinski definition) is 2. The molecular formula is C20H18F4N2O2. The molecule has 0 unspecified atom stereocenters. The van der Waals surface area contributed by atoms with E-state index in [9.17, 15) is 27.2 Å². The number of para-hydroxylation sites is 1. The van der Waals surface area contributed by atoms with Crippen LogP contribution >= 0.6 is 0 Å². The van der Waals surface area contributed by atoms with Crippen LogP contribution in [0.4, 0.5) is 23.2 Å². The van der Waals surface area contributed by atoms with Gasteiger partial charge in [0.1, 0.15) is 5.82 Å². The van der Waals surface area contributed by atoms with Crippen molar-refractivity contribution in [1.82, 2.24) is 4.90 Å². The summed E-state index contributed by atoms with van der Waals surface area (Å²) in [7, 11) is 0. The number of amides is 2. The van der Waals surface area contributed by atoms with Gasteiger partial charge in [-0.3, -0.25) is 9.59 Å². The van der Waals surface area contributed by atoms with Crippen LogP contribution in [0.2, 0.25) is 0 Å². The molecule has 1 fully saturated rings. The summed E-state index contributed by atoms with van der Waals surface area (Å²) in [5, 5.41) is 2.55. The van der Waals surface area contributed by atoms with Crippen LogP contribution in [0.25, 0.3) is 0 Å². The Morgan fingerprint density at radius 1 is 0.964 bits per heavy atom. The number of rotatable bonds is 3. The van der Waals surface area contributed by atoms with E-state index in [0.29, 0.717) is 25.9 Å². The fourth-order valence-electron chi connectivity index (χ4n) is 3.13. The number of hydrogen-bond donors (Lipinski definition) is 1. The van der Waals surface area contributed by atoms with Crippen molar-refractivity contribution in [3.8, 4) is 0 Å². The molecule has 1 aliphatic rings. The molecule has 1 heterocycles. The van der Waals surface area contributed by atoms with Gasteiger partial charge in [0.2, 0.25) is 5.91 Å². The monoisotopic (exact) mass is 394 g/mol. The maximum Gasteiger partial charge on any atom is 0.416 e. The number of nitrogens with zero attached hydrogens (tertiary/aromatic N) is 1. The van der Waals surface area contributed by atoms with Crippen molar-refractivity contribution in [2.45, 2.75) is 19.0 Å². The Labute approximate surface area is 159 Å². The number of likely N-dealkylation sites (tertiary alicyclic amines) is 1. The third-order valence-corrected chi connectivity index (χ3v) is 4.74.